The molecule has 0 spiro atoms. The zero-order chi connectivity index (χ0) is 14.3. The molecule has 0 fully saturated rings. The quantitative estimate of drug-likeness (QED) is 0.726. The lowest BCUT2D eigenvalue weighted by atomic mass is 9.74. The Labute approximate surface area is 128 Å². The molecule has 0 amide bonds. The van der Waals surface area contributed by atoms with Gasteiger partial charge in [0.2, 0.25) is 0 Å². The summed E-state index contributed by atoms with van der Waals surface area (Å²) >= 11 is 3.55. The molecule has 20 heavy (non-hydrogen) atoms. The maximum Gasteiger partial charge on any atom is 0.163 e. The molecule has 0 heterocycles. The van der Waals surface area contributed by atoms with Gasteiger partial charge in [0.25, 0.3) is 0 Å². The van der Waals surface area contributed by atoms with Gasteiger partial charge in [0.05, 0.1) is 0 Å². The maximum atomic E-state index is 12.5. The molecule has 2 aromatic rings. The molecule has 0 N–H and O–H groups in total. The second-order valence-corrected chi connectivity index (χ2v) is 6.44. The molecule has 1 aliphatic carbocycles. The van der Waals surface area contributed by atoms with E-state index in [1.807, 2.05) is 26.0 Å². The summed E-state index contributed by atoms with van der Waals surface area (Å²) in [6.07, 6.45) is 1.66. The Balaban J connectivity index is 1.79. The van der Waals surface area contributed by atoms with Crippen LogP contribution >= 0.6 is 15.9 Å². The molecule has 102 valence electrons. The van der Waals surface area contributed by atoms with E-state index in [1.54, 1.807) is 0 Å². The van der Waals surface area contributed by atoms with Crippen molar-refractivity contribution in [2.24, 2.45) is 0 Å². The van der Waals surface area contributed by atoms with Crippen molar-refractivity contribution in [2.45, 2.75) is 32.6 Å². The molecule has 0 saturated carbocycles. The second-order valence-electron chi connectivity index (χ2n) is 5.65. The van der Waals surface area contributed by atoms with E-state index in [4.69, 9.17) is 0 Å². The van der Waals surface area contributed by atoms with E-state index in [1.165, 1.54) is 11.1 Å². The van der Waals surface area contributed by atoms with E-state index >= 15 is 0 Å². The average Bonchev–Trinajstić information content (AvgIpc) is 2.41. The fourth-order valence-electron chi connectivity index (χ4n) is 2.99. The molecule has 0 aliphatic heterocycles. The minimum absolute atomic E-state index is 0.253. The lowest BCUT2D eigenvalue weighted by Crippen LogP contribution is -2.20. The van der Waals surface area contributed by atoms with Gasteiger partial charge < -0.3 is 0 Å². The Bertz CT molecular complexity index is 665. The van der Waals surface area contributed by atoms with Gasteiger partial charge in [0.15, 0.2) is 5.78 Å². The van der Waals surface area contributed by atoms with Crippen molar-refractivity contribution in [3.8, 4) is 0 Å². The van der Waals surface area contributed by atoms with E-state index in [9.17, 15) is 4.79 Å². The average molecular weight is 329 g/mol. The van der Waals surface area contributed by atoms with Gasteiger partial charge >= 0.3 is 0 Å². The van der Waals surface area contributed by atoms with Gasteiger partial charge in [-0.1, -0.05) is 40.2 Å². The predicted molar refractivity (Wildman–Crippen MR) is 85.5 cm³/mol. The Morgan fingerprint density at radius 1 is 1.20 bits per heavy atom. The molecule has 2 aromatic carbocycles. The van der Waals surface area contributed by atoms with Crippen LogP contribution in [0, 0.1) is 13.8 Å². The van der Waals surface area contributed by atoms with Crippen molar-refractivity contribution in [3.63, 3.8) is 0 Å². The first kappa shape index (κ1) is 13.6. The summed E-state index contributed by atoms with van der Waals surface area (Å²) in [6.45, 7) is 4.07. The van der Waals surface area contributed by atoms with Crippen LogP contribution in [0.25, 0.3) is 0 Å². The molecule has 0 radical (unpaired) electrons. The number of halogens is 1. The lowest BCUT2D eigenvalue weighted by Gasteiger charge is -2.29. The highest BCUT2D eigenvalue weighted by atomic mass is 79.9. The third-order valence-corrected chi connectivity index (χ3v) is 5.40. The summed E-state index contributed by atoms with van der Waals surface area (Å²) in [5, 5.41) is 0. The SMILES string of the molecule is Cc1cc(C(=O)CC2Cc3ccccc32)cc(C)c1Br. The minimum atomic E-state index is 0.253. The summed E-state index contributed by atoms with van der Waals surface area (Å²) < 4.78 is 1.10. The van der Waals surface area contributed by atoms with Crippen LogP contribution in [0.15, 0.2) is 40.9 Å². The Morgan fingerprint density at radius 3 is 2.50 bits per heavy atom. The van der Waals surface area contributed by atoms with Gasteiger partial charge in [-0.3, -0.25) is 4.79 Å². The first-order valence-electron chi connectivity index (χ1n) is 6.94. The van der Waals surface area contributed by atoms with Gasteiger partial charge in [-0.15, -0.1) is 0 Å². The third kappa shape index (κ3) is 2.33. The highest BCUT2D eigenvalue weighted by Gasteiger charge is 2.27. The number of carbonyl (C=O) groups is 1. The van der Waals surface area contributed by atoms with Crippen LogP contribution in [0.3, 0.4) is 0 Å². The van der Waals surface area contributed by atoms with Crippen LogP contribution in [0.5, 0.6) is 0 Å². The molecular formula is C18H17BrO. The Morgan fingerprint density at radius 2 is 1.85 bits per heavy atom. The number of fused-ring (bicyclic) bond motifs is 1. The largest absolute Gasteiger partial charge is 0.294 e. The molecule has 0 saturated heterocycles. The smallest absolute Gasteiger partial charge is 0.163 e. The number of hydrogen-bond donors (Lipinski definition) is 0. The van der Waals surface area contributed by atoms with Crippen molar-refractivity contribution >= 4 is 21.7 Å². The fraction of sp³-hybridized carbons (Fsp3) is 0.278. The monoisotopic (exact) mass is 328 g/mol. The summed E-state index contributed by atoms with van der Waals surface area (Å²) in [6, 6.07) is 12.4. The summed E-state index contributed by atoms with van der Waals surface area (Å²) in [5.74, 6) is 0.658. The predicted octanol–water partition coefficient (Wildman–Crippen LogP) is 4.98. The molecule has 2 heteroatoms. The number of benzene rings is 2. The Kier molecular flexibility index (Phi) is 3.51. The van der Waals surface area contributed by atoms with Crippen LogP contribution in [-0.2, 0) is 6.42 Å². The number of aryl methyl sites for hydroxylation is 2. The highest BCUT2D eigenvalue weighted by molar-refractivity contribution is 9.10. The number of Topliss-reactive ketones (excluding diaryl/α,β-unsaturated/α-hetero) is 1. The van der Waals surface area contributed by atoms with E-state index in [-0.39, 0.29) is 5.78 Å². The van der Waals surface area contributed by atoms with Gasteiger partial charge in [-0.25, -0.2) is 0 Å². The van der Waals surface area contributed by atoms with Crippen LogP contribution in [0.2, 0.25) is 0 Å². The van der Waals surface area contributed by atoms with Gasteiger partial charge in [-0.05, 0) is 60.6 Å². The maximum absolute atomic E-state index is 12.5. The van der Waals surface area contributed by atoms with Crippen LogP contribution < -0.4 is 0 Å². The van der Waals surface area contributed by atoms with Crippen molar-refractivity contribution < 1.29 is 4.79 Å². The highest BCUT2D eigenvalue weighted by Crippen LogP contribution is 2.38. The molecule has 1 nitrogen and oxygen atoms in total. The first-order valence-corrected chi connectivity index (χ1v) is 7.73. The van der Waals surface area contributed by atoms with Crippen molar-refractivity contribution in [3.05, 3.63) is 68.7 Å². The summed E-state index contributed by atoms with van der Waals surface area (Å²) in [7, 11) is 0. The van der Waals surface area contributed by atoms with E-state index in [2.05, 4.69) is 40.2 Å². The number of ketones is 1. The number of hydrogen-bond acceptors (Lipinski definition) is 1. The van der Waals surface area contributed by atoms with Gasteiger partial charge in [0, 0.05) is 16.5 Å². The Hall–Kier alpha value is -1.41. The summed E-state index contributed by atoms with van der Waals surface area (Å²) in [4.78, 5) is 12.5. The van der Waals surface area contributed by atoms with E-state index in [0.717, 1.165) is 27.6 Å². The molecule has 0 bridgehead atoms. The van der Waals surface area contributed by atoms with Crippen molar-refractivity contribution in [1.82, 2.24) is 0 Å². The first-order chi connectivity index (χ1) is 9.56. The normalized spacial score (nSPS) is 16.4. The molecule has 1 unspecified atom stereocenters. The van der Waals surface area contributed by atoms with Crippen LogP contribution in [0.1, 0.15) is 45.0 Å². The fourth-order valence-corrected chi connectivity index (χ4v) is 3.22. The van der Waals surface area contributed by atoms with Crippen LogP contribution in [-0.4, -0.2) is 5.78 Å². The van der Waals surface area contributed by atoms with E-state index < -0.39 is 0 Å². The molecule has 1 atom stereocenters. The zero-order valence-electron chi connectivity index (χ0n) is 11.7. The number of rotatable bonds is 3. The standard InChI is InChI=1S/C18H17BrO/c1-11-7-15(8-12(2)18(11)19)17(20)10-14-9-13-5-3-4-6-16(13)14/h3-8,14H,9-10H2,1-2H3. The lowest BCUT2D eigenvalue weighted by molar-refractivity contribution is 0.0970. The van der Waals surface area contributed by atoms with Crippen molar-refractivity contribution in [1.29, 1.82) is 0 Å². The topological polar surface area (TPSA) is 17.1 Å². The molecule has 0 aromatic heterocycles. The minimum Gasteiger partial charge on any atom is -0.294 e. The van der Waals surface area contributed by atoms with Crippen LogP contribution in [0.4, 0.5) is 0 Å². The molecule has 1 aliphatic rings. The second kappa shape index (κ2) is 5.17. The molecule has 3 rings (SSSR count). The van der Waals surface area contributed by atoms with Crippen molar-refractivity contribution in [2.75, 3.05) is 0 Å². The summed E-state index contributed by atoms with van der Waals surface area (Å²) in [5.41, 5.74) is 5.84. The van der Waals surface area contributed by atoms with Gasteiger partial charge in [-0.2, -0.15) is 0 Å². The number of carbonyl (C=O) groups excluding carboxylic acids is 1. The zero-order valence-corrected chi connectivity index (χ0v) is 13.3. The van der Waals surface area contributed by atoms with E-state index in [0.29, 0.717) is 12.3 Å². The third-order valence-electron chi connectivity index (χ3n) is 4.15. The molecular weight excluding hydrogens is 312 g/mol. The van der Waals surface area contributed by atoms with Gasteiger partial charge in [0.1, 0.15) is 0 Å².